The first-order valence-corrected chi connectivity index (χ1v) is 2.90. The van der Waals surface area contributed by atoms with Crippen LogP contribution >= 0.6 is 11.6 Å². The molecular weight excluding hydrogens is 153 g/mol. The molecule has 0 amide bonds. The standard InChI is InChI=1S/C7H3ClFN/c1-2-5-3-4-10-7(9)6(5)8/h1,3-4H. The van der Waals surface area contributed by atoms with Crippen molar-refractivity contribution in [3.63, 3.8) is 0 Å². The average Bonchev–Trinajstić information content (AvgIpc) is 1.95. The van der Waals surface area contributed by atoms with Gasteiger partial charge in [-0.15, -0.1) is 6.42 Å². The zero-order chi connectivity index (χ0) is 7.56. The third kappa shape index (κ3) is 1.09. The normalized spacial score (nSPS) is 8.90. The summed E-state index contributed by atoms with van der Waals surface area (Å²) in [5.41, 5.74) is 0.328. The van der Waals surface area contributed by atoms with Crippen LogP contribution in [0.15, 0.2) is 12.3 Å². The van der Waals surface area contributed by atoms with E-state index in [2.05, 4.69) is 10.9 Å². The summed E-state index contributed by atoms with van der Waals surface area (Å²) in [4.78, 5) is 3.29. The Morgan fingerprint density at radius 1 is 1.70 bits per heavy atom. The van der Waals surface area contributed by atoms with E-state index >= 15 is 0 Å². The fourth-order valence-corrected chi connectivity index (χ4v) is 0.696. The van der Waals surface area contributed by atoms with E-state index in [-0.39, 0.29) is 5.02 Å². The molecule has 3 heteroatoms. The van der Waals surface area contributed by atoms with E-state index in [1.807, 2.05) is 0 Å². The average molecular weight is 156 g/mol. The first-order chi connectivity index (χ1) is 4.75. The second kappa shape index (κ2) is 2.68. The highest BCUT2D eigenvalue weighted by atomic mass is 35.5. The molecular formula is C7H3ClFN. The van der Waals surface area contributed by atoms with E-state index < -0.39 is 5.95 Å². The Kier molecular flexibility index (Phi) is 1.88. The van der Waals surface area contributed by atoms with Crippen LogP contribution in [0, 0.1) is 18.3 Å². The van der Waals surface area contributed by atoms with E-state index in [9.17, 15) is 4.39 Å². The molecule has 0 radical (unpaired) electrons. The summed E-state index contributed by atoms with van der Waals surface area (Å²) in [5.74, 6) is 1.50. The van der Waals surface area contributed by atoms with E-state index in [0.717, 1.165) is 0 Å². The Labute approximate surface area is 62.8 Å². The van der Waals surface area contributed by atoms with E-state index in [4.69, 9.17) is 18.0 Å². The van der Waals surface area contributed by atoms with Crippen LogP contribution in [0.4, 0.5) is 4.39 Å². The van der Waals surface area contributed by atoms with Crippen molar-refractivity contribution in [1.82, 2.24) is 4.98 Å². The van der Waals surface area contributed by atoms with Crippen molar-refractivity contribution in [1.29, 1.82) is 0 Å². The highest BCUT2D eigenvalue weighted by Crippen LogP contribution is 2.15. The van der Waals surface area contributed by atoms with Gasteiger partial charge in [-0.25, -0.2) is 4.98 Å². The molecule has 0 fully saturated rings. The molecule has 0 bridgehead atoms. The monoisotopic (exact) mass is 155 g/mol. The van der Waals surface area contributed by atoms with Crippen LogP contribution in [0.3, 0.4) is 0 Å². The minimum Gasteiger partial charge on any atom is -0.227 e. The zero-order valence-corrected chi connectivity index (χ0v) is 5.69. The van der Waals surface area contributed by atoms with Gasteiger partial charge in [-0.1, -0.05) is 17.5 Å². The molecule has 0 saturated carbocycles. The topological polar surface area (TPSA) is 12.9 Å². The zero-order valence-electron chi connectivity index (χ0n) is 4.94. The van der Waals surface area contributed by atoms with E-state index in [1.54, 1.807) is 0 Å². The number of pyridine rings is 1. The molecule has 0 aliphatic carbocycles. The quantitative estimate of drug-likeness (QED) is 0.412. The van der Waals surface area contributed by atoms with Crippen molar-refractivity contribution in [3.05, 3.63) is 28.8 Å². The van der Waals surface area contributed by atoms with Gasteiger partial charge in [0.2, 0.25) is 5.95 Å². The van der Waals surface area contributed by atoms with Crippen molar-refractivity contribution in [2.75, 3.05) is 0 Å². The Morgan fingerprint density at radius 2 is 2.40 bits per heavy atom. The lowest BCUT2D eigenvalue weighted by Gasteiger charge is -1.93. The first kappa shape index (κ1) is 7.04. The van der Waals surface area contributed by atoms with Crippen LogP contribution in [0.1, 0.15) is 5.56 Å². The van der Waals surface area contributed by atoms with Crippen LogP contribution in [-0.4, -0.2) is 4.98 Å². The summed E-state index contributed by atoms with van der Waals surface area (Å²) < 4.78 is 12.4. The molecule has 0 aromatic carbocycles. The number of aromatic nitrogens is 1. The Morgan fingerprint density at radius 3 is 2.90 bits per heavy atom. The lowest BCUT2D eigenvalue weighted by molar-refractivity contribution is 0.584. The lowest BCUT2D eigenvalue weighted by atomic mass is 10.3. The molecule has 0 spiro atoms. The van der Waals surface area contributed by atoms with Gasteiger partial charge in [0.15, 0.2) is 0 Å². The molecule has 1 heterocycles. The molecule has 10 heavy (non-hydrogen) atoms. The third-order valence-electron chi connectivity index (χ3n) is 1.00. The van der Waals surface area contributed by atoms with Crippen molar-refractivity contribution >= 4 is 11.6 Å². The smallest absolute Gasteiger partial charge is 0.227 e. The fourth-order valence-electron chi connectivity index (χ4n) is 0.530. The Bertz CT molecular complexity index is 290. The first-order valence-electron chi connectivity index (χ1n) is 2.52. The molecule has 1 aromatic rings. The van der Waals surface area contributed by atoms with Gasteiger partial charge in [0.1, 0.15) is 5.02 Å². The predicted octanol–water partition coefficient (Wildman–Crippen LogP) is 1.86. The number of hydrogen-bond acceptors (Lipinski definition) is 1. The molecule has 0 aliphatic heterocycles. The number of terminal acetylenes is 1. The maximum absolute atomic E-state index is 12.4. The maximum atomic E-state index is 12.4. The van der Waals surface area contributed by atoms with Gasteiger partial charge in [0.05, 0.1) is 0 Å². The van der Waals surface area contributed by atoms with E-state index in [0.29, 0.717) is 5.56 Å². The van der Waals surface area contributed by atoms with E-state index in [1.165, 1.54) is 12.3 Å². The molecule has 1 rings (SSSR count). The van der Waals surface area contributed by atoms with Crippen LogP contribution in [-0.2, 0) is 0 Å². The van der Waals surface area contributed by atoms with Gasteiger partial charge in [-0.05, 0) is 6.07 Å². The maximum Gasteiger partial charge on any atom is 0.232 e. The highest BCUT2D eigenvalue weighted by Gasteiger charge is 2.02. The summed E-state index contributed by atoms with van der Waals surface area (Å²) in [7, 11) is 0. The molecule has 0 aliphatic rings. The van der Waals surface area contributed by atoms with Crippen molar-refractivity contribution < 1.29 is 4.39 Å². The Hall–Kier alpha value is -1.07. The summed E-state index contributed by atoms with van der Waals surface area (Å²) in [6.07, 6.45) is 6.26. The molecule has 0 saturated heterocycles. The van der Waals surface area contributed by atoms with Gasteiger partial charge < -0.3 is 0 Å². The van der Waals surface area contributed by atoms with Crippen molar-refractivity contribution in [3.8, 4) is 12.3 Å². The number of nitrogens with zero attached hydrogens (tertiary/aromatic N) is 1. The van der Waals surface area contributed by atoms with Gasteiger partial charge in [-0.2, -0.15) is 4.39 Å². The highest BCUT2D eigenvalue weighted by molar-refractivity contribution is 6.31. The van der Waals surface area contributed by atoms with Crippen LogP contribution in [0.25, 0.3) is 0 Å². The van der Waals surface area contributed by atoms with Crippen LogP contribution in [0.5, 0.6) is 0 Å². The number of rotatable bonds is 0. The lowest BCUT2D eigenvalue weighted by Crippen LogP contribution is -1.85. The SMILES string of the molecule is C#Cc1ccnc(F)c1Cl. The minimum atomic E-state index is -0.725. The second-order valence-corrected chi connectivity index (χ2v) is 1.99. The summed E-state index contributed by atoms with van der Waals surface area (Å²) >= 11 is 5.41. The second-order valence-electron chi connectivity index (χ2n) is 1.61. The fraction of sp³-hybridized carbons (Fsp3) is 0. The molecule has 0 unspecified atom stereocenters. The summed E-state index contributed by atoms with van der Waals surface area (Å²) in [5, 5.41) is -0.0926. The predicted molar refractivity (Wildman–Crippen MR) is 37.1 cm³/mol. The van der Waals surface area contributed by atoms with Crippen LogP contribution < -0.4 is 0 Å². The minimum absolute atomic E-state index is 0.0926. The van der Waals surface area contributed by atoms with Crippen molar-refractivity contribution in [2.45, 2.75) is 0 Å². The molecule has 1 nitrogen and oxygen atoms in total. The number of halogens is 2. The number of hydrogen-bond donors (Lipinski definition) is 0. The molecule has 50 valence electrons. The molecule has 1 aromatic heterocycles. The van der Waals surface area contributed by atoms with Crippen LogP contribution in [0.2, 0.25) is 5.02 Å². The van der Waals surface area contributed by atoms with Gasteiger partial charge >= 0.3 is 0 Å². The molecule has 0 atom stereocenters. The molecule has 0 N–H and O–H groups in total. The summed E-state index contributed by atoms with van der Waals surface area (Å²) in [6, 6.07) is 1.48. The van der Waals surface area contributed by atoms with Gasteiger partial charge in [-0.3, -0.25) is 0 Å². The van der Waals surface area contributed by atoms with Gasteiger partial charge in [0.25, 0.3) is 0 Å². The Balaban J connectivity index is 3.31. The van der Waals surface area contributed by atoms with Crippen molar-refractivity contribution in [2.24, 2.45) is 0 Å². The largest absolute Gasteiger partial charge is 0.232 e. The summed E-state index contributed by atoms with van der Waals surface area (Å²) in [6.45, 7) is 0. The third-order valence-corrected chi connectivity index (χ3v) is 1.36. The van der Waals surface area contributed by atoms with Gasteiger partial charge in [0, 0.05) is 11.8 Å².